The molecular weight excluding hydrogens is 462 g/mol. The number of rotatable bonds is 7. The van der Waals surface area contributed by atoms with Gasteiger partial charge in [0.05, 0.1) is 6.54 Å². The van der Waals surface area contributed by atoms with Gasteiger partial charge in [-0.2, -0.15) is 0 Å². The molecule has 35 heavy (non-hydrogen) atoms. The summed E-state index contributed by atoms with van der Waals surface area (Å²) in [6, 6.07) is 20.4. The van der Waals surface area contributed by atoms with Crippen LogP contribution in [0.4, 0.5) is 5.69 Å². The second-order valence-electron chi connectivity index (χ2n) is 8.65. The minimum absolute atomic E-state index is 0.0831. The normalized spacial score (nSPS) is 13.4. The zero-order valence-corrected chi connectivity index (χ0v) is 20.6. The van der Waals surface area contributed by atoms with E-state index < -0.39 is 11.8 Å². The largest absolute Gasteiger partial charge is 0.375 e. The van der Waals surface area contributed by atoms with Gasteiger partial charge in [0.2, 0.25) is 0 Å². The molecule has 0 saturated carbocycles. The molecule has 0 unspecified atom stereocenters. The molecule has 0 spiro atoms. The third-order valence-corrected chi connectivity index (χ3v) is 6.25. The lowest BCUT2D eigenvalue weighted by Crippen LogP contribution is -2.33. The van der Waals surface area contributed by atoms with Gasteiger partial charge in [0, 0.05) is 17.8 Å². The van der Waals surface area contributed by atoms with E-state index in [1.807, 2.05) is 63.2 Å². The number of anilines is 1. The number of imide groups is 1. The van der Waals surface area contributed by atoms with Crippen molar-refractivity contribution in [1.82, 2.24) is 10.2 Å². The maximum atomic E-state index is 12.8. The molecule has 1 heterocycles. The van der Waals surface area contributed by atoms with Crippen LogP contribution in [0.15, 0.2) is 77.5 Å². The quantitative estimate of drug-likeness (QED) is 0.461. The minimum Gasteiger partial charge on any atom is -0.375 e. The molecule has 0 aliphatic carbocycles. The maximum absolute atomic E-state index is 12.8. The molecule has 178 valence electrons. The SMILES string of the molecule is Cc1cc(C)c(NC(=O)c2ccc(CNC3=C(Cl)C(=O)N(Cc4ccccc4)C3=O)cc2)c(C)c1. The van der Waals surface area contributed by atoms with Crippen molar-refractivity contribution in [3.8, 4) is 0 Å². The predicted molar refractivity (Wildman–Crippen MR) is 137 cm³/mol. The lowest BCUT2D eigenvalue weighted by Gasteiger charge is -2.15. The van der Waals surface area contributed by atoms with Crippen molar-refractivity contribution in [3.05, 3.63) is 111 Å². The minimum atomic E-state index is -0.517. The zero-order chi connectivity index (χ0) is 25.1. The number of nitrogens with zero attached hydrogens (tertiary/aromatic N) is 1. The Labute approximate surface area is 209 Å². The first kappa shape index (κ1) is 24.2. The van der Waals surface area contributed by atoms with E-state index in [4.69, 9.17) is 11.6 Å². The number of amides is 3. The number of halogens is 1. The Balaban J connectivity index is 1.39. The summed E-state index contributed by atoms with van der Waals surface area (Å²) in [5, 5.41) is 5.86. The summed E-state index contributed by atoms with van der Waals surface area (Å²) in [5.74, 6) is -1.17. The van der Waals surface area contributed by atoms with Crippen molar-refractivity contribution >= 4 is 35.0 Å². The Morgan fingerprint density at radius 2 is 1.49 bits per heavy atom. The first-order valence-electron chi connectivity index (χ1n) is 11.3. The standard InChI is InChI=1S/C28H26ClN3O3/c1-17-13-18(2)24(19(3)14-17)31-26(33)22-11-9-20(10-12-22)15-30-25-23(29)27(34)32(28(25)35)16-21-7-5-4-6-8-21/h4-14,30H,15-16H2,1-3H3,(H,31,33). The predicted octanol–water partition coefficient (Wildman–Crippen LogP) is 4.97. The lowest BCUT2D eigenvalue weighted by atomic mass is 10.0. The van der Waals surface area contributed by atoms with Crippen LogP contribution < -0.4 is 10.6 Å². The highest BCUT2D eigenvalue weighted by Crippen LogP contribution is 2.25. The van der Waals surface area contributed by atoms with E-state index in [0.717, 1.165) is 38.4 Å². The maximum Gasteiger partial charge on any atom is 0.278 e. The molecule has 0 saturated heterocycles. The molecule has 0 fully saturated rings. The molecule has 1 aliphatic heterocycles. The number of benzene rings is 3. The average molecular weight is 488 g/mol. The summed E-state index contributed by atoms with van der Waals surface area (Å²) in [7, 11) is 0. The highest BCUT2D eigenvalue weighted by molar-refractivity contribution is 6.47. The van der Waals surface area contributed by atoms with Gasteiger partial charge < -0.3 is 10.6 Å². The fourth-order valence-corrected chi connectivity index (χ4v) is 4.39. The van der Waals surface area contributed by atoms with Crippen molar-refractivity contribution in [3.63, 3.8) is 0 Å². The van der Waals surface area contributed by atoms with Crippen molar-refractivity contribution in [2.45, 2.75) is 33.9 Å². The van der Waals surface area contributed by atoms with E-state index in [0.29, 0.717) is 5.56 Å². The molecule has 3 aromatic carbocycles. The highest BCUT2D eigenvalue weighted by Gasteiger charge is 2.37. The molecule has 0 radical (unpaired) electrons. The molecule has 3 amide bonds. The number of hydrogen-bond acceptors (Lipinski definition) is 4. The van der Waals surface area contributed by atoms with Crippen LogP contribution in [0.1, 0.15) is 38.2 Å². The van der Waals surface area contributed by atoms with Crippen molar-refractivity contribution in [1.29, 1.82) is 0 Å². The van der Waals surface area contributed by atoms with Crippen LogP contribution >= 0.6 is 11.6 Å². The second kappa shape index (κ2) is 10.2. The molecule has 0 aromatic heterocycles. The van der Waals surface area contributed by atoms with E-state index in [1.54, 1.807) is 24.3 Å². The number of hydrogen-bond donors (Lipinski definition) is 2. The van der Waals surface area contributed by atoms with E-state index in [2.05, 4.69) is 10.6 Å². The Morgan fingerprint density at radius 3 is 2.11 bits per heavy atom. The molecule has 7 heteroatoms. The number of aryl methyl sites for hydroxylation is 3. The van der Waals surface area contributed by atoms with Crippen LogP contribution in [-0.4, -0.2) is 22.6 Å². The summed E-state index contributed by atoms with van der Waals surface area (Å²) in [5.41, 5.74) is 6.27. The van der Waals surface area contributed by atoms with Gasteiger partial charge in [-0.3, -0.25) is 19.3 Å². The van der Waals surface area contributed by atoms with Crippen molar-refractivity contribution in [2.75, 3.05) is 5.32 Å². The third-order valence-electron chi connectivity index (χ3n) is 5.90. The summed E-state index contributed by atoms with van der Waals surface area (Å²) >= 11 is 6.18. The first-order chi connectivity index (χ1) is 16.7. The topological polar surface area (TPSA) is 78.5 Å². The van der Waals surface area contributed by atoms with Gasteiger partial charge in [0.15, 0.2) is 0 Å². The molecule has 0 atom stereocenters. The van der Waals surface area contributed by atoms with E-state index >= 15 is 0 Å². The first-order valence-corrected chi connectivity index (χ1v) is 11.6. The molecule has 6 nitrogen and oxygen atoms in total. The Kier molecular flexibility index (Phi) is 7.03. The highest BCUT2D eigenvalue weighted by atomic mass is 35.5. The van der Waals surface area contributed by atoms with Gasteiger partial charge in [-0.1, -0.05) is 71.8 Å². The van der Waals surface area contributed by atoms with Crippen molar-refractivity contribution in [2.24, 2.45) is 0 Å². The summed E-state index contributed by atoms with van der Waals surface area (Å²) in [6.07, 6.45) is 0. The molecule has 4 rings (SSSR count). The number of carbonyl (C=O) groups is 3. The molecule has 0 bridgehead atoms. The van der Waals surface area contributed by atoms with Gasteiger partial charge in [-0.05, 0) is 55.2 Å². The summed E-state index contributed by atoms with van der Waals surface area (Å²) < 4.78 is 0. The molecule has 1 aliphatic rings. The van der Waals surface area contributed by atoms with Gasteiger partial charge in [-0.25, -0.2) is 0 Å². The van der Waals surface area contributed by atoms with Gasteiger partial charge >= 0.3 is 0 Å². The van der Waals surface area contributed by atoms with Crippen LogP contribution in [0.25, 0.3) is 0 Å². The van der Waals surface area contributed by atoms with Crippen molar-refractivity contribution < 1.29 is 14.4 Å². The fraction of sp³-hybridized carbons (Fsp3) is 0.179. The van der Waals surface area contributed by atoms with E-state index in [1.165, 1.54) is 0 Å². The zero-order valence-electron chi connectivity index (χ0n) is 19.8. The van der Waals surface area contributed by atoms with Gasteiger partial charge in [0.25, 0.3) is 17.7 Å². The van der Waals surface area contributed by atoms with Crippen LogP contribution in [0, 0.1) is 20.8 Å². The summed E-state index contributed by atoms with van der Waals surface area (Å²) in [4.78, 5) is 39.2. The van der Waals surface area contributed by atoms with Crippen LogP contribution in [0.3, 0.4) is 0 Å². The number of carbonyl (C=O) groups excluding carboxylic acids is 3. The number of nitrogens with one attached hydrogen (secondary N) is 2. The van der Waals surface area contributed by atoms with Crippen LogP contribution in [0.5, 0.6) is 0 Å². The molecular formula is C28H26ClN3O3. The Bertz CT molecular complexity index is 1310. The van der Waals surface area contributed by atoms with Crippen LogP contribution in [-0.2, 0) is 22.7 Å². The van der Waals surface area contributed by atoms with Crippen LogP contribution in [0.2, 0.25) is 0 Å². The third kappa shape index (κ3) is 5.28. The smallest absolute Gasteiger partial charge is 0.278 e. The Hall–Kier alpha value is -3.90. The summed E-state index contributed by atoms with van der Waals surface area (Å²) in [6.45, 7) is 6.41. The van der Waals surface area contributed by atoms with E-state index in [-0.39, 0.29) is 29.7 Å². The molecule has 3 aromatic rings. The Morgan fingerprint density at radius 1 is 0.857 bits per heavy atom. The van der Waals surface area contributed by atoms with Gasteiger partial charge in [-0.15, -0.1) is 0 Å². The second-order valence-corrected chi connectivity index (χ2v) is 9.03. The fourth-order valence-electron chi connectivity index (χ4n) is 4.14. The lowest BCUT2D eigenvalue weighted by molar-refractivity contribution is -0.138. The van der Waals surface area contributed by atoms with E-state index in [9.17, 15) is 14.4 Å². The monoisotopic (exact) mass is 487 g/mol. The van der Waals surface area contributed by atoms with Gasteiger partial charge in [0.1, 0.15) is 10.7 Å². The average Bonchev–Trinajstić information content (AvgIpc) is 3.03. The molecule has 2 N–H and O–H groups in total.